The van der Waals surface area contributed by atoms with Crippen molar-refractivity contribution in [3.63, 3.8) is 0 Å². The third-order valence-corrected chi connectivity index (χ3v) is 6.11. The maximum absolute atomic E-state index is 12.5. The number of ether oxygens (including phenoxy) is 1. The fraction of sp³-hybridized carbons (Fsp3) is 0.588. The molecule has 1 saturated heterocycles. The van der Waals surface area contributed by atoms with E-state index < -0.39 is 0 Å². The molecule has 2 aromatic heterocycles. The molecular formula is C17H24ClN6O2S. The minimum Gasteiger partial charge on any atom is -0.377 e. The van der Waals surface area contributed by atoms with Crippen molar-refractivity contribution in [3.8, 4) is 0 Å². The number of carbonyl (C=O) groups excluding carboxylic acids is 1. The van der Waals surface area contributed by atoms with E-state index in [-0.39, 0.29) is 23.9 Å². The normalized spacial score (nSPS) is 20.3. The topological polar surface area (TPSA) is 96.0 Å². The van der Waals surface area contributed by atoms with Crippen LogP contribution in [0.1, 0.15) is 48.5 Å². The van der Waals surface area contributed by atoms with E-state index in [2.05, 4.69) is 30.4 Å². The van der Waals surface area contributed by atoms with Crippen molar-refractivity contribution in [2.24, 2.45) is 0 Å². The highest BCUT2D eigenvalue weighted by Crippen LogP contribution is 2.28. The lowest BCUT2D eigenvalue weighted by atomic mass is 10.0. The predicted molar refractivity (Wildman–Crippen MR) is 105 cm³/mol. The van der Waals surface area contributed by atoms with Crippen LogP contribution < -0.4 is 10.2 Å². The number of H-pyrrole nitrogens is 1. The van der Waals surface area contributed by atoms with Gasteiger partial charge in [-0.25, -0.2) is 4.98 Å². The molecule has 3 rings (SSSR count). The van der Waals surface area contributed by atoms with Gasteiger partial charge in [0.15, 0.2) is 11.0 Å². The van der Waals surface area contributed by atoms with Gasteiger partial charge in [0.05, 0.1) is 17.8 Å². The van der Waals surface area contributed by atoms with Crippen LogP contribution in [0.5, 0.6) is 0 Å². The van der Waals surface area contributed by atoms with Gasteiger partial charge >= 0.3 is 0 Å². The molecule has 147 valence electrons. The van der Waals surface area contributed by atoms with Crippen molar-refractivity contribution in [1.82, 2.24) is 25.5 Å². The number of nitrogens with one attached hydrogen (secondary N) is 2. The molecule has 1 radical (unpaired) electrons. The third kappa shape index (κ3) is 4.41. The number of hydrogen-bond acceptors (Lipinski definition) is 7. The molecule has 0 bridgehead atoms. The number of carbonyl (C=O) groups is 1. The van der Waals surface area contributed by atoms with Crippen LogP contribution in [0.15, 0.2) is 0 Å². The molecule has 2 atom stereocenters. The van der Waals surface area contributed by atoms with Gasteiger partial charge in [0, 0.05) is 26.1 Å². The fourth-order valence-electron chi connectivity index (χ4n) is 3.01. The van der Waals surface area contributed by atoms with Crippen molar-refractivity contribution in [3.05, 3.63) is 27.6 Å². The van der Waals surface area contributed by atoms with Gasteiger partial charge in [-0.3, -0.25) is 4.79 Å². The molecule has 1 aliphatic heterocycles. The number of imidazole rings is 1. The zero-order chi connectivity index (χ0) is 19.6. The van der Waals surface area contributed by atoms with E-state index in [0.717, 1.165) is 34.7 Å². The van der Waals surface area contributed by atoms with Gasteiger partial charge in [-0.05, 0) is 12.8 Å². The summed E-state index contributed by atoms with van der Waals surface area (Å²) in [6.45, 7) is 7.40. The van der Waals surface area contributed by atoms with Gasteiger partial charge in [-0.2, -0.15) is 0 Å². The molecule has 3 heterocycles. The number of methoxy groups -OCH3 is 1. The summed E-state index contributed by atoms with van der Waals surface area (Å²) in [5.41, 5.74) is 0.759. The molecule has 0 spiro atoms. The lowest BCUT2D eigenvalue weighted by molar-refractivity contribution is 0.0538. The van der Waals surface area contributed by atoms with Gasteiger partial charge in [-0.15, -0.1) is 10.2 Å². The Kier molecular flexibility index (Phi) is 6.33. The van der Waals surface area contributed by atoms with Crippen LogP contribution in [0.2, 0.25) is 5.15 Å². The molecule has 0 unspecified atom stereocenters. The Morgan fingerprint density at radius 1 is 1.44 bits per heavy atom. The molecule has 1 fully saturated rings. The van der Waals surface area contributed by atoms with Crippen LogP contribution in [0, 0.1) is 5.92 Å². The first kappa shape index (κ1) is 20.0. The number of anilines is 1. The minimum atomic E-state index is -0.272. The van der Waals surface area contributed by atoms with Crippen LogP contribution >= 0.6 is 22.9 Å². The summed E-state index contributed by atoms with van der Waals surface area (Å²) in [5.74, 6) is 1.11. The first-order valence-corrected chi connectivity index (χ1v) is 10.1. The smallest absolute Gasteiger partial charge is 0.287 e. The number of aryl methyl sites for hydroxylation is 1. The standard InChI is InChI=1S/C17H24ClN6O2S/c1-5-10-13(18)21-14(19-10)15(25)20-11-6-7-24(8-12(11)26-4)17-23-22-16(27-17)9(2)3/h11-12H,5-8H2,1-4H3,(H,19,21)(H,20,25)/t11-,12+/m1/s1. The number of piperidine rings is 1. The van der Waals surface area contributed by atoms with Gasteiger partial charge in [0.1, 0.15) is 5.01 Å². The second kappa shape index (κ2) is 8.53. The largest absolute Gasteiger partial charge is 0.377 e. The van der Waals surface area contributed by atoms with Gasteiger partial charge < -0.3 is 19.9 Å². The monoisotopic (exact) mass is 411 g/mol. The van der Waals surface area contributed by atoms with Gasteiger partial charge in [-0.1, -0.05) is 43.7 Å². The van der Waals surface area contributed by atoms with E-state index in [9.17, 15) is 4.79 Å². The molecule has 10 heteroatoms. The minimum absolute atomic E-state index is 0.112. The molecular weight excluding hydrogens is 388 g/mol. The number of amides is 1. The molecule has 27 heavy (non-hydrogen) atoms. The number of hydrogen-bond donors (Lipinski definition) is 2. The number of aromatic amines is 1. The summed E-state index contributed by atoms with van der Waals surface area (Å²) in [6, 6.07) is -0.112. The second-order valence-electron chi connectivity index (χ2n) is 6.69. The van der Waals surface area contributed by atoms with E-state index in [1.807, 2.05) is 20.8 Å². The molecule has 2 N–H and O–H groups in total. The van der Waals surface area contributed by atoms with Crippen LogP contribution in [0.3, 0.4) is 0 Å². The maximum atomic E-state index is 12.5. The molecule has 0 aromatic carbocycles. The van der Waals surface area contributed by atoms with E-state index in [4.69, 9.17) is 16.3 Å². The average molecular weight is 412 g/mol. The van der Waals surface area contributed by atoms with Crippen molar-refractivity contribution < 1.29 is 9.53 Å². The zero-order valence-corrected chi connectivity index (χ0v) is 17.4. The molecule has 8 nitrogen and oxygen atoms in total. The molecule has 1 amide bonds. The van der Waals surface area contributed by atoms with Crippen molar-refractivity contribution in [2.45, 2.75) is 45.8 Å². The Balaban J connectivity index is 1.64. The quantitative estimate of drug-likeness (QED) is 0.758. The second-order valence-corrected chi connectivity index (χ2v) is 8.00. The van der Waals surface area contributed by atoms with Crippen molar-refractivity contribution in [2.75, 3.05) is 25.1 Å². The van der Waals surface area contributed by atoms with E-state index >= 15 is 0 Å². The predicted octanol–water partition coefficient (Wildman–Crippen LogP) is 2.46. The number of rotatable bonds is 6. The van der Waals surface area contributed by atoms with Gasteiger partial charge in [0.25, 0.3) is 5.91 Å². The van der Waals surface area contributed by atoms with Crippen LogP contribution in [-0.2, 0) is 11.2 Å². The Morgan fingerprint density at radius 3 is 2.81 bits per heavy atom. The highest BCUT2D eigenvalue weighted by molar-refractivity contribution is 7.15. The summed E-state index contributed by atoms with van der Waals surface area (Å²) in [7, 11) is 1.65. The molecule has 1 aliphatic rings. The molecule has 0 aliphatic carbocycles. The fourth-order valence-corrected chi connectivity index (χ4v) is 4.11. The van der Waals surface area contributed by atoms with Crippen LogP contribution in [0.25, 0.3) is 0 Å². The van der Waals surface area contributed by atoms with E-state index in [1.54, 1.807) is 18.4 Å². The lowest BCUT2D eigenvalue weighted by Crippen LogP contribution is -2.55. The highest BCUT2D eigenvalue weighted by Gasteiger charge is 2.32. The SMILES string of the molecule is CCc1[nH]c(C(=O)N[C@@H]2CCN(c3nnc([C](C)C)s3)C[C@@H]2OC)nc1Cl. The van der Waals surface area contributed by atoms with Gasteiger partial charge in [0.2, 0.25) is 5.13 Å². The highest BCUT2D eigenvalue weighted by atomic mass is 35.5. The van der Waals surface area contributed by atoms with Crippen molar-refractivity contribution >= 4 is 34.0 Å². The first-order chi connectivity index (χ1) is 12.9. The number of aromatic nitrogens is 4. The van der Waals surface area contributed by atoms with Crippen LogP contribution in [-0.4, -0.2) is 58.4 Å². The Labute approximate surface area is 167 Å². The van der Waals surface area contributed by atoms with E-state index in [0.29, 0.717) is 18.1 Å². The van der Waals surface area contributed by atoms with Crippen LogP contribution in [0.4, 0.5) is 5.13 Å². The molecule has 2 aromatic rings. The van der Waals surface area contributed by atoms with E-state index in [1.165, 1.54) is 0 Å². The number of halogens is 1. The zero-order valence-electron chi connectivity index (χ0n) is 15.9. The Morgan fingerprint density at radius 2 is 2.22 bits per heavy atom. The summed E-state index contributed by atoms with van der Waals surface area (Å²) in [5, 5.41) is 13.7. The molecule has 0 saturated carbocycles. The third-order valence-electron chi connectivity index (χ3n) is 4.59. The Bertz CT molecular complexity index is 792. The summed E-state index contributed by atoms with van der Waals surface area (Å²) < 4.78 is 5.63. The summed E-state index contributed by atoms with van der Waals surface area (Å²) in [6.07, 6.45) is 1.28. The lowest BCUT2D eigenvalue weighted by Gasteiger charge is -2.37. The maximum Gasteiger partial charge on any atom is 0.287 e. The first-order valence-electron chi connectivity index (χ1n) is 8.89. The van der Waals surface area contributed by atoms with Crippen molar-refractivity contribution in [1.29, 1.82) is 0 Å². The Hall–Kier alpha value is -1.71. The summed E-state index contributed by atoms with van der Waals surface area (Å²) >= 11 is 7.60. The average Bonchev–Trinajstić information content (AvgIpc) is 3.29. The number of nitrogens with zero attached hydrogens (tertiary/aromatic N) is 4. The summed E-state index contributed by atoms with van der Waals surface area (Å²) in [4.78, 5) is 21.8.